The maximum Gasteiger partial charge on any atom is 0.141 e. The van der Waals surface area contributed by atoms with Crippen LogP contribution in [0.1, 0.15) is 0 Å². The van der Waals surface area contributed by atoms with Crippen LogP contribution in [0.4, 0.5) is 0 Å². The van der Waals surface area contributed by atoms with Crippen LogP contribution in [0.15, 0.2) is 0 Å². The lowest BCUT2D eigenvalue weighted by Gasteiger charge is -1.61. The van der Waals surface area contributed by atoms with Gasteiger partial charge in [0.15, 0.2) is 0 Å². The second kappa shape index (κ2) is 19.8. The van der Waals surface area contributed by atoms with Gasteiger partial charge in [-0.2, -0.15) is 0 Å². The molecule has 0 aliphatic heterocycles. The molecular formula is CH8O4S. The third-order valence-electron chi connectivity index (χ3n) is 0.0745. The molecule has 0 aliphatic rings. The molecule has 42 valence electrons. The molecule has 0 unspecified atom stereocenters. The van der Waals surface area contributed by atoms with E-state index in [9.17, 15) is 0 Å². The number of hydrogen-bond acceptors (Lipinski definition) is 2. The van der Waals surface area contributed by atoms with Gasteiger partial charge in [-0.25, -0.2) is 4.21 Å². The van der Waals surface area contributed by atoms with Gasteiger partial charge in [-0.3, -0.25) is 4.18 Å². The molecule has 4 N–H and O–H groups in total. The Kier molecular flexibility index (Phi) is 54.9. The Bertz CT molecular complexity index is 21.5. The van der Waals surface area contributed by atoms with Gasteiger partial charge < -0.3 is 11.0 Å². The molecule has 0 bridgehead atoms. The van der Waals surface area contributed by atoms with Gasteiger partial charge in [0.2, 0.25) is 0 Å². The molecule has 0 atom stereocenters. The Labute approximate surface area is 39.4 Å². The van der Waals surface area contributed by atoms with E-state index in [1.807, 2.05) is 0 Å². The van der Waals surface area contributed by atoms with Crippen LogP contribution >= 0.6 is 0 Å². The van der Waals surface area contributed by atoms with Crippen molar-refractivity contribution in [3.63, 3.8) is 0 Å². The van der Waals surface area contributed by atoms with Gasteiger partial charge in [-0.05, 0) is 0 Å². The summed E-state index contributed by atoms with van der Waals surface area (Å²) >= 11 is -0.252. The van der Waals surface area contributed by atoms with Crippen LogP contribution in [-0.4, -0.2) is 22.3 Å². The zero-order chi connectivity index (χ0) is 3.41. The molecule has 0 heterocycles. The monoisotopic (exact) mass is 116 g/mol. The molecule has 5 heteroatoms. The van der Waals surface area contributed by atoms with Gasteiger partial charge >= 0.3 is 0 Å². The quantitative estimate of drug-likeness (QED) is 0.395. The van der Waals surface area contributed by atoms with Crippen LogP contribution in [0.3, 0.4) is 0 Å². The fraction of sp³-hybridized carbons (Fsp3) is 1.00. The first-order valence-corrected chi connectivity index (χ1v) is 1.50. The summed E-state index contributed by atoms with van der Waals surface area (Å²) in [7, 11) is 1.36. The fourth-order valence-corrected chi connectivity index (χ4v) is 0. The maximum absolute atomic E-state index is 9.05. The van der Waals surface area contributed by atoms with E-state index < -0.39 is 0 Å². The first kappa shape index (κ1) is 16.6. The number of thiol groups is 1. The van der Waals surface area contributed by atoms with Crippen molar-refractivity contribution < 1.29 is 19.3 Å². The first-order valence-electron chi connectivity index (χ1n) is 0.773. The lowest BCUT2D eigenvalue weighted by Crippen LogP contribution is -1.61. The summed E-state index contributed by atoms with van der Waals surface area (Å²) in [6.45, 7) is 0. The molecule has 0 aromatic carbocycles. The van der Waals surface area contributed by atoms with Gasteiger partial charge in [-0.15, -0.1) is 0 Å². The number of rotatable bonds is 1. The summed E-state index contributed by atoms with van der Waals surface area (Å²) in [4.78, 5) is 0. The first-order chi connectivity index (χ1) is 1.91. The normalized spacial score (nSPS) is 4.83. The molecule has 0 aromatic heterocycles. The van der Waals surface area contributed by atoms with E-state index in [0.29, 0.717) is 0 Å². The lowest BCUT2D eigenvalue weighted by atomic mass is 11.8. The fourth-order valence-electron chi connectivity index (χ4n) is 0. The van der Waals surface area contributed by atoms with Crippen molar-refractivity contribution in [2.75, 3.05) is 7.11 Å². The maximum atomic E-state index is 9.05. The molecule has 0 spiro atoms. The Morgan fingerprint density at radius 1 is 1.50 bits per heavy atom. The van der Waals surface area contributed by atoms with Crippen LogP contribution in [0.5, 0.6) is 0 Å². The molecule has 4 nitrogen and oxygen atoms in total. The van der Waals surface area contributed by atoms with Crippen molar-refractivity contribution in [2.24, 2.45) is 0 Å². The zero-order valence-corrected chi connectivity index (χ0v) is 4.16. The number of hydrogen-bond donors (Lipinski definition) is 1. The van der Waals surface area contributed by atoms with Crippen molar-refractivity contribution >= 4 is 11.9 Å². The van der Waals surface area contributed by atoms with E-state index in [-0.39, 0.29) is 22.9 Å². The van der Waals surface area contributed by atoms with E-state index >= 15 is 0 Å². The smallest absolute Gasteiger partial charge is 0.141 e. The topological polar surface area (TPSA) is 89.3 Å². The molecule has 0 radical (unpaired) electrons. The van der Waals surface area contributed by atoms with Gasteiger partial charge in [0, 0.05) is 0 Å². The van der Waals surface area contributed by atoms with Crippen molar-refractivity contribution in [3.05, 3.63) is 0 Å². The second-order valence-corrected chi connectivity index (χ2v) is 0.771. The van der Waals surface area contributed by atoms with Crippen LogP contribution in [0, 0.1) is 0 Å². The van der Waals surface area contributed by atoms with E-state index in [1.165, 1.54) is 7.11 Å². The molecule has 0 rings (SSSR count). The Morgan fingerprint density at radius 2 is 1.67 bits per heavy atom. The summed E-state index contributed by atoms with van der Waals surface area (Å²) in [5.41, 5.74) is 0. The summed E-state index contributed by atoms with van der Waals surface area (Å²) < 4.78 is 13.0. The zero-order valence-electron chi connectivity index (χ0n) is 3.26. The highest BCUT2D eigenvalue weighted by atomic mass is 32.2. The SMILES string of the molecule is CO[SH]=O.O.O. The predicted molar refractivity (Wildman–Crippen MR) is 23.8 cm³/mol. The van der Waals surface area contributed by atoms with Crippen LogP contribution < -0.4 is 0 Å². The lowest BCUT2D eigenvalue weighted by molar-refractivity contribution is 0.461. The van der Waals surface area contributed by atoms with Crippen LogP contribution in [-0.2, 0) is 16.1 Å². The summed E-state index contributed by atoms with van der Waals surface area (Å²) in [5.74, 6) is 0. The van der Waals surface area contributed by atoms with Gasteiger partial charge in [0.1, 0.15) is 11.9 Å². The molecule has 0 saturated carbocycles. The third-order valence-corrected chi connectivity index (χ3v) is 0.224. The van der Waals surface area contributed by atoms with E-state index in [1.54, 1.807) is 0 Å². The highest BCUT2D eigenvalue weighted by molar-refractivity contribution is 7.60. The van der Waals surface area contributed by atoms with Crippen molar-refractivity contribution in [3.8, 4) is 0 Å². The minimum Gasteiger partial charge on any atom is -0.412 e. The predicted octanol–water partition coefficient (Wildman–Crippen LogP) is -2.16. The van der Waals surface area contributed by atoms with E-state index in [4.69, 9.17) is 4.21 Å². The molecule has 0 saturated heterocycles. The Balaban J connectivity index is -0.0000000450. The van der Waals surface area contributed by atoms with Gasteiger partial charge in [0.25, 0.3) is 0 Å². The molecule has 0 fully saturated rings. The van der Waals surface area contributed by atoms with Gasteiger partial charge in [-0.1, -0.05) is 0 Å². The average molecular weight is 116 g/mol. The minimum atomic E-state index is -0.252. The Hall–Kier alpha value is 0.0300. The third kappa shape index (κ3) is 34.9. The van der Waals surface area contributed by atoms with Crippen molar-refractivity contribution in [1.29, 1.82) is 0 Å². The molecule has 0 aromatic rings. The highest BCUT2D eigenvalue weighted by Crippen LogP contribution is 1.42. The highest BCUT2D eigenvalue weighted by Gasteiger charge is 1.44. The van der Waals surface area contributed by atoms with Crippen LogP contribution in [0.25, 0.3) is 0 Å². The summed E-state index contributed by atoms with van der Waals surface area (Å²) in [6.07, 6.45) is 0. The largest absolute Gasteiger partial charge is 0.412 e. The van der Waals surface area contributed by atoms with Crippen molar-refractivity contribution in [2.45, 2.75) is 0 Å². The summed E-state index contributed by atoms with van der Waals surface area (Å²) in [5, 5.41) is 0. The Morgan fingerprint density at radius 3 is 1.67 bits per heavy atom. The summed E-state index contributed by atoms with van der Waals surface area (Å²) in [6, 6.07) is 0. The van der Waals surface area contributed by atoms with E-state index in [2.05, 4.69) is 4.18 Å². The van der Waals surface area contributed by atoms with E-state index in [0.717, 1.165) is 0 Å². The minimum absolute atomic E-state index is 0. The van der Waals surface area contributed by atoms with Gasteiger partial charge in [0.05, 0.1) is 7.11 Å². The molecule has 0 aliphatic carbocycles. The molecule has 0 amide bonds. The van der Waals surface area contributed by atoms with Crippen LogP contribution in [0.2, 0.25) is 0 Å². The standard InChI is InChI=1S/CH4O2S.2H2O/c1-3-4-2;;/h4H,1H3;2*1H2. The second-order valence-electron chi connectivity index (χ2n) is 0.257. The molecular weight excluding hydrogens is 108 g/mol. The average Bonchev–Trinajstić information content (AvgIpc) is 1.37. The molecule has 6 heavy (non-hydrogen) atoms. The van der Waals surface area contributed by atoms with Crippen molar-refractivity contribution in [1.82, 2.24) is 0 Å².